The molecule has 0 amide bonds. The van der Waals surface area contributed by atoms with Crippen molar-refractivity contribution in [1.82, 2.24) is 0 Å². The number of nitrogens with zero attached hydrogens (tertiary/aromatic N) is 1. The monoisotopic (exact) mass is 122 g/mol. The van der Waals surface area contributed by atoms with Crippen LogP contribution in [0, 0.1) is 0 Å². The van der Waals surface area contributed by atoms with Crippen molar-refractivity contribution in [3.8, 4) is 0 Å². The first-order valence-electron chi connectivity index (χ1n) is 2.89. The molecule has 0 spiro atoms. The van der Waals surface area contributed by atoms with Crippen LogP contribution >= 0.6 is 0 Å². The van der Waals surface area contributed by atoms with Gasteiger partial charge in [-0.15, -0.1) is 0 Å². The zero-order valence-electron chi connectivity index (χ0n) is 5.41. The summed E-state index contributed by atoms with van der Waals surface area (Å²) >= 11 is 0. The van der Waals surface area contributed by atoms with Gasteiger partial charge in [0.1, 0.15) is 0 Å². The summed E-state index contributed by atoms with van der Waals surface area (Å²) in [6.45, 7) is 0. The maximum atomic E-state index is 8.53. The second-order valence-corrected chi connectivity index (χ2v) is 2.07. The van der Waals surface area contributed by atoms with E-state index in [4.69, 9.17) is 5.02 Å². The van der Waals surface area contributed by atoms with Crippen LogP contribution in [0.2, 0.25) is 0 Å². The van der Waals surface area contributed by atoms with E-state index in [1.54, 1.807) is 0 Å². The van der Waals surface area contributed by atoms with E-state index in [9.17, 15) is 0 Å². The molecule has 0 aliphatic carbocycles. The van der Waals surface area contributed by atoms with Crippen LogP contribution in [-0.4, -0.2) is 35.4 Å². The Morgan fingerprint density at radius 3 is 3.00 bits per heavy atom. The van der Waals surface area contributed by atoms with Gasteiger partial charge in [-0.1, -0.05) is 0 Å². The first kappa shape index (κ1) is 6.27. The molecule has 0 aromatic heterocycles. The van der Waals surface area contributed by atoms with E-state index in [0.717, 1.165) is 19.0 Å². The molecular formula is C6H9BNO+. The minimum absolute atomic E-state index is 0.823. The predicted octanol–water partition coefficient (Wildman–Crippen LogP) is -0.599. The van der Waals surface area contributed by atoms with E-state index in [0.29, 0.717) is 0 Å². The van der Waals surface area contributed by atoms with Crippen molar-refractivity contribution in [2.45, 2.75) is 6.42 Å². The Bertz CT molecular complexity index is 193. The Hall–Kier alpha value is -0.855. The summed E-state index contributed by atoms with van der Waals surface area (Å²) in [6.07, 6.45) is 6.62. The van der Waals surface area contributed by atoms with Crippen LogP contribution in [0.4, 0.5) is 0 Å². The zero-order valence-corrected chi connectivity index (χ0v) is 5.41. The minimum atomic E-state index is 0.823. The van der Waals surface area contributed by atoms with Gasteiger partial charge in [0.15, 0.2) is 0 Å². The van der Waals surface area contributed by atoms with E-state index >= 15 is 0 Å². The van der Waals surface area contributed by atoms with Crippen LogP contribution in [0.5, 0.6) is 0 Å². The van der Waals surface area contributed by atoms with Crippen LogP contribution in [0.15, 0.2) is 12.3 Å². The van der Waals surface area contributed by atoms with Gasteiger partial charge in [0.05, 0.1) is 0 Å². The van der Waals surface area contributed by atoms with Gasteiger partial charge in [-0.25, -0.2) is 0 Å². The topological polar surface area (TPSA) is 23.2 Å². The molecule has 46 valence electrons. The molecule has 0 unspecified atom stereocenters. The Balaban J connectivity index is 2.70. The molecule has 0 saturated carbocycles. The molecule has 3 heteroatoms. The molecule has 1 heterocycles. The molecule has 0 radical (unpaired) electrons. The average molecular weight is 122 g/mol. The van der Waals surface area contributed by atoms with Crippen molar-refractivity contribution < 1.29 is 9.60 Å². The second-order valence-electron chi connectivity index (χ2n) is 2.07. The molecule has 0 aromatic rings. The van der Waals surface area contributed by atoms with Gasteiger partial charge in [-0.05, 0) is 0 Å². The SMILES string of the molecule is C[N+]1=CC/C(=B\O)C=C1. The summed E-state index contributed by atoms with van der Waals surface area (Å²) in [5.41, 5.74) is 0.952. The third-order valence-corrected chi connectivity index (χ3v) is 1.30. The average Bonchev–Trinajstić information content (AvgIpc) is 1.90. The molecule has 0 aromatic carbocycles. The van der Waals surface area contributed by atoms with Crippen LogP contribution in [0.1, 0.15) is 6.42 Å². The number of rotatable bonds is 0. The third kappa shape index (κ3) is 1.52. The van der Waals surface area contributed by atoms with Crippen molar-refractivity contribution in [2.24, 2.45) is 0 Å². The standard InChI is InChI=1S/C6H9BNO/c1-8-4-2-6(7-9)3-5-8/h2,4-5,9H,3H2,1H3/q+1. The molecule has 1 aliphatic heterocycles. The van der Waals surface area contributed by atoms with Gasteiger partial charge in [-0.3, -0.25) is 0 Å². The van der Waals surface area contributed by atoms with Gasteiger partial charge >= 0.3 is 54.1 Å². The van der Waals surface area contributed by atoms with Gasteiger partial charge in [-0.2, -0.15) is 0 Å². The summed E-state index contributed by atoms with van der Waals surface area (Å²) in [4.78, 5) is 0. The van der Waals surface area contributed by atoms with Crippen LogP contribution in [-0.2, 0) is 0 Å². The predicted molar refractivity (Wildman–Crippen MR) is 39.0 cm³/mol. The van der Waals surface area contributed by atoms with E-state index in [2.05, 4.69) is 0 Å². The molecule has 1 aliphatic rings. The maximum absolute atomic E-state index is 8.53. The molecular weight excluding hydrogens is 113 g/mol. The van der Waals surface area contributed by atoms with E-state index in [1.807, 2.05) is 30.1 Å². The van der Waals surface area contributed by atoms with Crippen LogP contribution in [0.3, 0.4) is 0 Å². The summed E-state index contributed by atoms with van der Waals surface area (Å²) < 4.78 is 1.97. The summed E-state index contributed by atoms with van der Waals surface area (Å²) in [5, 5.41) is 8.53. The van der Waals surface area contributed by atoms with Crippen molar-refractivity contribution in [1.29, 1.82) is 0 Å². The molecule has 1 N–H and O–H groups in total. The molecule has 0 saturated heterocycles. The van der Waals surface area contributed by atoms with E-state index < -0.39 is 0 Å². The third-order valence-electron chi connectivity index (χ3n) is 1.30. The Labute approximate surface area is 55.1 Å². The fraction of sp³-hybridized carbons (Fsp3) is 0.333. The molecule has 0 bridgehead atoms. The fourth-order valence-corrected chi connectivity index (χ4v) is 0.687. The van der Waals surface area contributed by atoms with Gasteiger partial charge < -0.3 is 0 Å². The normalized spacial score (nSPS) is 21.4. The Kier molecular flexibility index (Phi) is 1.83. The molecule has 0 fully saturated rings. The van der Waals surface area contributed by atoms with Crippen molar-refractivity contribution >= 4 is 18.8 Å². The van der Waals surface area contributed by atoms with Crippen molar-refractivity contribution in [3.63, 3.8) is 0 Å². The molecule has 2 nitrogen and oxygen atoms in total. The number of allylic oxidation sites excluding steroid dienone is 1. The van der Waals surface area contributed by atoms with Gasteiger partial charge in [0.25, 0.3) is 0 Å². The van der Waals surface area contributed by atoms with Crippen LogP contribution in [0.25, 0.3) is 0 Å². The Morgan fingerprint density at radius 2 is 2.56 bits per heavy atom. The summed E-state index contributed by atoms with van der Waals surface area (Å²) in [6, 6.07) is 0. The Morgan fingerprint density at radius 1 is 1.78 bits per heavy atom. The zero-order chi connectivity index (χ0) is 6.69. The summed E-state index contributed by atoms with van der Waals surface area (Å²) in [7, 11) is 3.10. The first-order valence-corrected chi connectivity index (χ1v) is 2.89. The van der Waals surface area contributed by atoms with E-state index in [-0.39, 0.29) is 0 Å². The second kappa shape index (κ2) is 2.62. The first-order chi connectivity index (χ1) is 4.33. The van der Waals surface area contributed by atoms with Crippen molar-refractivity contribution in [2.75, 3.05) is 7.05 Å². The molecule has 1 rings (SSSR count). The quantitative estimate of drug-likeness (QED) is 0.336. The number of hydrogen-bond acceptors (Lipinski definition) is 1. The summed E-state index contributed by atoms with van der Waals surface area (Å²) in [5.74, 6) is 0. The van der Waals surface area contributed by atoms with Gasteiger partial charge in [0, 0.05) is 0 Å². The molecule has 9 heavy (non-hydrogen) atoms. The van der Waals surface area contributed by atoms with Crippen LogP contribution < -0.4 is 0 Å². The van der Waals surface area contributed by atoms with Crippen molar-refractivity contribution in [3.05, 3.63) is 12.3 Å². The molecule has 0 atom stereocenters. The van der Waals surface area contributed by atoms with Gasteiger partial charge in [0.2, 0.25) is 0 Å². The number of hydrogen-bond donors (Lipinski definition) is 1. The van der Waals surface area contributed by atoms with E-state index in [1.165, 1.54) is 0 Å². The fourth-order valence-electron chi connectivity index (χ4n) is 0.687.